The number of nitro benzene ring substituents is 1. The number of thioether (sulfide) groups is 1. The van der Waals surface area contributed by atoms with E-state index in [1.54, 1.807) is 36.0 Å². The Hall–Kier alpha value is -3.90. The zero-order valence-corrected chi connectivity index (χ0v) is 24.0. The highest BCUT2D eigenvalue weighted by atomic mass is 32.2. The van der Waals surface area contributed by atoms with Crippen LogP contribution in [-0.4, -0.2) is 50.9 Å². The molecule has 10 nitrogen and oxygen atoms in total. The summed E-state index contributed by atoms with van der Waals surface area (Å²) in [4.78, 5) is 37.3. The average molecular weight is 597 g/mol. The fraction of sp³-hybridized carbons (Fsp3) is 0.310. The van der Waals surface area contributed by atoms with Crippen molar-refractivity contribution < 1.29 is 22.9 Å². The van der Waals surface area contributed by atoms with Gasteiger partial charge in [0.15, 0.2) is 0 Å². The maximum absolute atomic E-state index is 12.9. The molecule has 41 heavy (non-hydrogen) atoms. The molecule has 0 atom stereocenters. The Balaban J connectivity index is 1.35. The highest BCUT2D eigenvalue weighted by Gasteiger charge is 2.24. The summed E-state index contributed by atoms with van der Waals surface area (Å²) in [5.74, 6) is 0.355. The molecule has 1 aliphatic rings. The molecule has 216 valence electrons. The Morgan fingerprint density at radius 2 is 1.76 bits per heavy atom. The van der Waals surface area contributed by atoms with Crippen LogP contribution in [0.5, 0.6) is 0 Å². The summed E-state index contributed by atoms with van der Waals surface area (Å²) < 4.78 is 27.9. The van der Waals surface area contributed by atoms with Crippen molar-refractivity contribution in [3.8, 4) is 0 Å². The molecule has 1 saturated heterocycles. The third-order valence-electron chi connectivity index (χ3n) is 6.93. The number of benzene rings is 3. The molecule has 2 N–H and O–H groups in total. The predicted octanol–water partition coefficient (Wildman–Crippen LogP) is 5.11. The molecule has 0 aliphatic carbocycles. The molecule has 0 saturated carbocycles. The maximum Gasteiger partial charge on any atom is 0.293 e. The molecule has 4 rings (SSSR count). The van der Waals surface area contributed by atoms with E-state index in [2.05, 4.69) is 10.2 Å². The van der Waals surface area contributed by atoms with Crippen LogP contribution in [0.15, 0.2) is 82.6 Å². The quantitative estimate of drug-likeness (QED) is 0.0906. The number of sulfonamides is 1. The van der Waals surface area contributed by atoms with Crippen molar-refractivity contribution in [3.05, 3.63) is 88.5 Å². The van der Waals surface area contributed by atoms with Gasteiger partial charge >= 0.3 is 0 Å². The zero-order valence-electron chi connectivity index (χ0n) is 22.4. The average Bonchev–Trinajstić information content (AvgIpc) is 2.99. The molecule has 0 radical (unpaired) electrons. The van der Waals surface area contributed by atoms with Crippen LogP contribution in [0.4, 0.5) is 17.1 Å². The SMILES string of the molecule is O=CCCC1CCN(c2ccc(C(=O)NS(=O)(=O)c3ccc(NCCSc4ccccc4)c([N+](=O)[O-])c3)cc2)CC1. The van der Waals surface area contributed by atoms with Crippen LogP contribution in [0, 0.1) is 16.0 Å². The third-order valence-corrected chi connectivity index (χ3v) is 9.28. The lowest BCUT2D eigenvalue weighted by Gasteiger charge is -2.33. The number of aldehydes is 1. The Bertz CT molecular complexity index is 1460. The van der Waals surface area contributed by atoms with Crippen LogP contribution in [0.3, 0.4) is 0 Å². The molecule has 3 aromatic rings. The molecule has 3 aromatic carbocycles. The Morgan fingerprint density at radius 1 is 1.05 bits per heavy atom. The van der Waals surface area contributed by atoms with Crippen LogP contribution in [0.25, 0.3) is 0 Å². The minimum Gasteiger partial charge on any atom is -0.379 e. The summed E-state index contributed by atoms with van der Waals surface area (Å²) in [5, 5.41) is 14.7. The lowest BCUT2D eigenvalue weighted by atomic mass is 9.92. The summed E-state index contributed by atoms with van der Waals surface area (Å²) in [6.45, 7) is 2.12. The van der Waals surface area contributed by atoms with Crippen LogP contribution in [-0.2, 0) is 14.8 Å². The summed E-state index contributed by atoms with van der Waals surface area (Å²) in [5.41, 5.74) is 0.877. The Morgan fingerprint density at radius 3 is 2.41 bits per heavy atom. The lowest BCUT2D eigenvalue weighted by Crippen LogP contribution is -2.34. The summed E-state index contributed by atoms with van der Waals surface area (Å²) in [6, 6.07) is 19.9. The number of amides is 1. The topological polar surface area (TPSA) is 139 Å². The molecule has 0 spiro atoms. The zero-order chi connectivity index (χ0) is 29.2. The second kappa shape index (κ2) is 14.1. The van der Waals surface area contributed by atoms with Gasteiger partial charge in [0.25, 0.3) is 21.6 Å². The molecule has 1 aliphatic heterocycles. The molecule has 1 amide bonds. The van der Waals surface area contributed by atoms with Gasteiger partial charge in [-0.15, -0.1) is 11.8 Å². The fourth-order valence-electron chi connectivity index (χ4n) is 4.70. The van der Waals surface area contributed by atoms with Crippen LogP contribution >= 0.6 is 11.8 Å². The van der Waals surface area contributed by atoms with Gasteiger partial charge in [-0.2, -0.15) is 0 Å². The van der Waals surface area contributed by atoms with E-state index in [-0.39, 0.29) is 16.1 Å². The van der Waals surface area contributed by atoms with E-state index in [1.807, 2.05) is 35.1 Å². The van der Waals surface area contributed by atoms with Crippen molar-refractivity contribution in [1.82, 2.24) is 4.72 Å². The number of carbonyl (C=O) groups is 2. The number of piperidine rings is 1. The van der Waals surface area contributed by atoms with E-state index >= 15 is 0 Å². The molecule has 0 aromatic heterocycles. The first-order chi connectivity index (χ1) is 19.8. The van der Waals surface area contributed by atoms with Crippen molar-refractivity contribution in [2.24, 2.45) is 5.92 Å². The minimum absolute atomic E-state index is 0.155. The molecular weight excluding hydrogens is 564 g/mol. The van der Waals surface area contributed by atoms with Gasteiger partial charge in [0.2, 0.25) is 0 Å². The maximum atomic E-state index is 12.9. The molecule has 0 bridgehead atoms. The van der Waals surface area contributed by atoms with Crippen LogP contribution < -0.4 is 14.9 Å². The number of nitro groups is 1. The van der Waals surface area contributed by atoms with E-state index in [1.165, 1.54) is 12.1 Å². The molecule has 1 fully saturated rings. The van der Waals surface area contributed by atoms with Gasteiger partial charge in [-0.3, -0.25) is 14.9 Å². The van der Waals surface area contributed by atoms with E-state index in [4.69, 9.17) is 0 Å². The van der Waals surface area contributed by atoms with Crippen LogP contribution in [0.1, 0.15) is 36.0 Å². The van der Waals surface area contributed by atoms with E-state index in [0.29, 0.717) is 24.6 Å². The molecule has 0 unspecified atom stereocenters. The van der Waals surface area contributed by atoms with Crippen molar-refractivity contribution in [3.63, 3.8) is 0 Å². The van der Waals surface area contributed by atoms with Gasteiger partial charge in [0, 0.05) is 54.0 Å². The van der Waals surface area contributed by atoms with Gasteiger partial charge in [-0.05, 0) is 73.7 Å². The van der Waals surface area contributed by atoms with Gasteiger partial charge < -0.3 is 15.0 Å². The van der Waals surface area contributed by atoms with Gasteiger partial charge in [0.05, 0.1) is 9.82 Å². The van der Waals surface area contributed by atoms with Gasteiger partial charge in [0.1, 0.15) is 12.0 Å². The van der Waals surface area contributed by atoms with E-state index in [9.17, 15) is 28.1 Å². The van der Waals surface area contributed by atoms with Crippen molar-refractivity contribution in [2.45, 2.75) is 35.5 Å². The van der Waals surface area contributed by atoms with Crippen molar-refractivity contribution in [2.75, 3.05) is 35.6 Å². The summed E-state index contributed by atoms with van der Waals surface area (Å²) in [7, 11) is -4.36. The minimum atomic E-state index is -4.36. The van der Waals surface area contributed by atoms with Crippen molar-refractivity contribution >= 4 is 51.0 Å². The second-order valence-electron chi connectivity index (χ2n) is 9.68. The number of nitrogens with zero attached hydrogens (tertiary/aromatic N) is 2. The van der Waals surface area contributed by atoms with Gasteiger partial charge in [-0.1, -0.05) is 18.2 Å². The number of carbonyl (C=O) groups excluding carboxylic acids is 2. The smallest absolute Gasteiger partial charge is 0.293 e. The largest absolute Gasteiger partial charge is 0.379 e. The monoisotopic (exact) mass is 596 g/mol. The number of rotatable bonds is 13. The molecule has 1 heterocycles. The standard InChI is InChI=1S/C29H32N4O6S2/c34-19-4-5-22-14-17-32(18-15-22)24-10-8-23(9-11-24)29(35)31-41(38,39)26-12-13-27(28(21-26)33(36)37)30-16-20-40-25-6-2-1-3-7-25/h1-3,6-13,19,21-22,30H,4-5,14-18,20H2,(H,31,35). The number of hydrogen-bond donors (Lipinski definition) is 2. The Kier molecular flexibility index (Phi) is 10.4. The van der Waals surface area contributed by atoms with Crippen molar-refractivity contribution in [1.29, 1.82) is 0 Å². The first kappa shape index (κ1) is 30.1. The first-order valence-electron chi connectivity index (χ1n) is 13.3. The number of hydrogen-bond acceptors (Lipinski definition) is 9. The fourth-order valence-corrected chi connectivity index (χ4v) is 6.48. The highest BCUT2D eigenvalue weighted by molar-refractivity contribution is 7.99. The molecular formula is C29H32N4O6S2. The number of nitrogens with one attached hydrogen (secondary N) is 2. The summed E-state index contributed by atoms with van der Waals surface area (Å²) >= 11 is 1.59. The summed E-state index contributed by atoms with van der Waals surface area (Å²) in [6.07, 6.45) is 4.42. The van der Waals surface area contributed by atoms with E-state index in [0.717, 1.165) is 55.3 Å². The normalized spacial score (nSPS) is 13.9. The Labute approximate surface area is 243 Å². The third kappa shape index (κ3) is 8.30. The van der Waals surface area contributed by atoms with Gasteiger partial charge in [-0.25, -0.2) is 13.1 Å². The predicted molar refractivity (Wildman–Crippen MR) is 160 cm³/mol. The van der Waals surface area contributed by atoms with Crippen LogP contribution in [0.2, 0.25) is 0 Å². The molecule has 12 heteroatoms. The second-order valence-corrected chi connectivity index (χ2v) is 12.5. The lowest BCUT2D eigenvalue weighted by molar-refractivity contribution is -0.384. The highest BCUT2D eigenvalue weighted by Crippen LogP contribution is 2.29. The first-order valence-corrected chi connectivity index (χ1v) is 15.8. The van der Waals surface area contributed by atoms with E-state index < -0.39 is 26.5 Å². The number of anilines is 2.